The maximum Gasteiger partial charge on any atom is 0.254 e. The highest BCUT2D eigenvalue weighted by atomic mass is 19.1. The van der Waals surface area contributed by atoms with E-state index in [-0.39, 0.29) is 23.9 Å². The molecule has 5 N–H and O–H groups in total. The zero-order valence-electron chi connectivity index (χ0n) is 16.1. The van der Waals surface area contributed by atoms with Crippen LogP contribution in [0.3, 0.4) is 0 Å². The second kappa shape index (κ2) is 7.10. The third-order valence-corrected chi connectivity index (χ3v) is 5.30. The first-order valence-corrected chi connectivity index (χ1v) is 9.52. The van der Waals surface area contributed by atoms with E-state index in [1.165, 1.54) is 23.0 Å². The lowest BCUT2D eigenvalue weighted by atomic mass is 9.94. The number of anilines is 1. The lowest BCUT2D eigenvalue weighted by Crippen LogP contribution is -2.19. The van der Waals surface area contributed by atoms with Gasteiger partial charge in [-0.1, -0.05) is 12.1 Å². The standard InChI is InChI=1S/C21H17F2N7O/c22-13-3-10(4-14(23)7-13)5-16(24)18-17(19(25)30-21(29-18)27-9-28-30)11-1-2-12-8-26-20(31)15(12)6-11/h1-4,6-7,9,16H,5,8,24-25H2,(H,26,31)/t16-/m0/s1. The van der Waals surface area contributed by atoms with Crippen LogP contribution in [-0.4, -0.2) is 25.5 Å². The van der Waals surface area contributed by atoms with E-state index in [1.807, 2.05) is 12.1 Å². The zero-order chi connectivity index (χ0) is 21.7. The predicted molar refractivity (Wildman–Crippen MR) is 109 cm³/mol. The molecule has 0 unspecified atom stereocenters. The molecule has 0 saturated carbocycles. The molecule has 0 bridgehead atoms. The summed E-state index contributed by atoms with van der Waals surface area (Å²) in [5, 5.41) is 6.87. The maximum absolute atomic E-state index is 13.6. The number of hydrogen-bond acceptors (Lipinski definition) is 6. The van der Waals surface area contributed by atoms with E-state index >= 15 is 0 Å². The molecule has 2 aromatic heterocycles. The third-order valence-electron chi connectivity index (χ3n) is 5.30. The van der Waals surface area contributed by atoms with Gasteiger partial charge in [0.05, 0.1) is 11.7 Å². The smallest absolute Gasteiger partial charge is 0.254 e. The van der Waals surface area contributed by atoms with Crippen molar-refractivity contribution >= 4 is 17.5 Å². The molecule has 156 valence electrons. The molecule has 1 aliphatic rings. The van der Waals surface area contributed by atoms with Gasteiger partial charge in [0.1, 0.15) is 23.8 Å². The molecule has 10 heteroatoms. The van der Waals surface area contributed by atoms with Crippen molar-refractivity contribution in [2.24, 2.45) is 5.73 Å². The van der Waals surface area contributed by atoms with Crippen LogP contribution in [0.4, 0.5) is 14.6 Å². The van der Waals surface area contributed by atoms with Crippen molar-refractivity contribution in [1.82, 2.24) is 24.9 Å². The molecular formula is C21H17F2N7O. The van der Waals surface area contributed by atoms with Crippen LogP contribution < -0.4 is 16.8 Å². The number of amides is 1. The Balaban J connectivity index is 1.65. The van der Waals surface area contributed by atoms with Crippen LogP contribution in [0, 0.1) is 11.6 Å². The number of nitrogens with two attached hydrogens (primary N) is 2. The Morgan fingerprint density at radius 1 is 1.16 bits per heavy atom. The molecule has 31 heavy (non-hydrogen) atoms. The summed E-state index contributed by atoms with van der Waals surface area (Å²) in [7, 11) is 0. The molecule has 0 fully saturated rings. The van der Waals surface area contributed by atoms with E-state index in [0.717, 1.165) is 11.6 Å². The fraction of sp³-hybridized carbons (Fsp3) is 0.143. The van der Waals surface area contributed by atoms with E-state index in [9.17, 15) is 13.6 Å². The number of nitrogens with one attached hydrogen (secondary N) is 1. The molecule has 1 aliphatic heterocycles. The van der Waals surface area contributed by atoms with Gasteiger partial charge in [0, 0.05) is 23.7 Å². The maximum atomic E-state index is 13.6. The molecule has 4 aromatic rings. The highest BCUT2D eigenvalue weighted by Gasteiger charge is 2.25. The normalized spacial score (nSPS) is 14.0. The summed E-state index contributed by atoms with van der Waals surface area (Å²) in [4.78, 5) is 20.8. The van der Waals surface area contributed by atoms with E-state index < -0.39 is 17.7 Å². The van der Waals surface area contributed by atoms with Crippen LogP contribution in [0.5, 0.6) is 0 Å². The molecule has 0 saturated heterocycles. The van der Waals surface area contributed by atoms with Crippen LogP contribution >= 0.6 is 0 Å². The summed E-state index contributed by atoms with van der Waals surface area (Å²) in [5.41, 5.74) is 16.2. The van der Waals surface area contributed by atoms with Gasteiger partial charge in [-0.3, -0.25) is 4.79 Å². The number of nitrogens with zero attached hydrogens (tertiary/aromatic N) is 4. The van der Waals surface area contributed by atoms with Gasteiger partial charge in [-0.2, -0.15) is 14.6 Å². The Morgan fingerprint density at radius 3 is 2.71 bits per heavy atom. The lowest BCUT2D eigenvalue weighted by molar-refractivity contribution is 0.0966. The number of benzene rings is 2. The van der Waals surface area contributed by atoms with Crippen molar-refractivity contribution in [3.05, 3.63) is 76.7 Å². The Labute approximate surface area is 174 Å². The molecule has 5 rings (SSSR count). The van der Waals surface area contributed by atoms with E-state index in [4.69, 9.17) is 11.5 Å². The van der Waals surface area contributed by atoms with Crippen molar-refractivity contribution in [2.45, 2.75) is 19.0 Å². The topological polar surface area (TPSA) is 124 Å². The van der Waals surface area contributed by atoms with E-state index in [0.29, 0.717) is 34.5 Å². The largest absolute Gasteiger partial charge is 0.383 e. The first-order valence-electron chi connectivity index (χ1n) is 9.52. The first-order chi connectivity index (χ1) is 14.9. The van der Waals surface area contributed by atoms with Gasteiger partial charge in [0.2, 0.25) is 0 Å². The van der Waals surface area contributed by atoms with Gasteiger partial charge < -0.3 is 16.8 Å². The number of carbonyl (C=O) groups excluding carboxylic acids is 1. The van der Waals surface area contributed by atoms with Crippen molar-refractivity contribution < 1.29 is 13.6 Å². The Bertz CT molecular complexity index is 1330. The SMILES string of the molecule is Nc1c(-c2ccc3c(c2)C(=O)NC3)c([C@@H](N)Cc2cc(F)cc(F)c2)nc2ncnn12. The molecule has 0 spiro atoms. The van der Waals surface area contributed by atoms with Gasteiger partial charge in [0.15, 0.2) is 0 Å². The van der Waals surface area contributed by atoms with Gasteiger partial charge in [-0.15, -0.1) is 0 Å². The summed E-state index contributed by atoms with van der Waals surface area (Å²) in [6, 6.07) is 7.89. The number of halogens is 2. The number of fused-ring (bicyclic) bond motifs is 2. The number of carbonyl (C=O) groups is 1. The first kappa shape index (κ1) is 19.1. The zero-order valence-corrected chi connectivity index (χ0v) is 16.1. The average Bonchev–Trinajstić information content (AvgIpc) is 3.34. The molecule has 2 aromatic carbocycles. The minimum atomic E-state index is -0.748. The number of nitrogen functional groups attached to an aromatic ring is 1. The molecule has 3 heterocycles. The second-order valence-corrected chi connectivity index (χ2v) is 7.37. The molecular weight excluding hydrogens is 404 g/mol. The average molecular weight is 421 g/mol. The van der Waals surface area contributed by atoms with Crippen molar-refractivity contribution in [3.63, 3.8) is 0 Å². The molecule has 0 radical (unpaired) electrons. The molecule has 8 nitrogen and oxygen atoms in total. The van der Waals surface area contributed by atoms with Crippen molar-refractivity contribution in [3.8, 4) is 11.1 Å². The van der Waals surface area contributed by atoms with Gasteiger partial charge in [-0.05, 0) is 41.3 Å². The summed E-state index contributed by atoms with van der Waals surface area (Å²) < 4.78 is 28.7. The number of rotatable bonds is 4. The molecule has 1 atom stereocenters. The number of hydrogen-bond donors (Lipinski definition) is 3. The van der Waals surface area contributed by atoms with Crippen molar-refractivity contribution in [2.75, 3.05) is 5.73 Å². The molecule has 1 amide bonds. The third kappa shape index (κ3) is 3.26. The highest BCUT2D eigenvalue weighted by molar-refractivity contribution is 6.00. The van der Waals surface area contributed by atoms with Crippen molar-refractivity contribution in [1.29, 1.82) is 0 Å². The summed E-state index contributed by atoms with van der Waals surface area (Å²) in [5.74, 6) is -1.06. The van der Waals surface area contributed by atoms with Crippen LogP contribution in [-0.2, 0) is 13.0 Å². The van der Waals surface area contributed by atoms with Crippen LogP contribution in [0.2, 0.25) is 0 Å². The Kier molecular flexibility index (Phi) is 4.36. The predicted octanol–water partition coefficient (Wildman–Crippen LogP) is 2.14. The summed E-state index contributed by atoms with van der Waals surface area (Å²) in [6.45, 7) is 0.460. The Morgan fingerprint density at radius 2 is 1.94 bits per heavy atom. The van der Waals surface area contributed by atoms with Gasteiger partial charge in [0.25, 0.3) is 11.7 Å². The molecule has 0 aliphatic carbocycles. The lowest BCUT2D eigenvalue weighted by Gasteiger charge is -2.18. The van der Waals surface area contributed by atoms with Crippen LogP contribution in [0.15, 0.2) is 42.7 Å². The number of aromatic nitrogens is 4. The fourth-order valence-corrected chi connectivity index (χ4v) is 3.89. The van der Waals surface area contributed by atoms with E-state index in [1.54, 1.807) is 6.07 Å². The monoisotopic (exact) mass is 421 g/mol. The van der Waals surface area contributed by atoms with Crippen LogP contribution in [0.1, 0.15) is 33.2 Å². The second-order valence-electron chi connectivity index (χ2n) is 7.37. The van der Waals surface area contributed by atoms with Gasteiger partial charge in [-0.25, -0.2) is 13.8 Å². The van der Waals surface area contributed by atoms with Gasteiger partial charge >= 0.3 is 0 Å². The van der Waals surface area contributed by atoms with E-state index in [2.05, 4.69) is 20.4 Å². The summed E-state index contributed by atoms with van der Waals surface area (Å²) >= 11 is 0. The quantitative estimate of drug-likeness (QED) is 0.464. The highest BCUT2D eigenvalue weighted by Crippen LogP contribution is 2.35. The Hall–Kier alpha value is -3.92. The minimum absolute atomic E-state index is 0.115. The summed E-state index contributed by atoms with van der Waals surface area (Å²) in [6.07, 6.45) is 1.43. The van der Waals surface area contributed by atoms with Crippen LogP contribution in [0.25, 0.3) is 16.9 Å². The fourth-order valence-electron chi connectivity index (χ4n) is 3.89. The minimum Gasteiger partial charge on any atom is -0.383 e.